The summed E-state index contributed by atoms with van der Waals surface area (Å²) in [5.41, 5.74) is 1.06. The standard InChI is InChI=1S/C12H12N2O3S/c1-16-10-4-2-9(3-5-10)8-11-13-14-12(17-11)18-7-6-15/h2-6H,7-8H2,1H3. The highest BCUT2D eigenvalue weighted by Gasteiger charge is 2.07. The van der Waals surface area contributed by atoms with E-state index in [-0.39, 0.29) is 0 Å². The fourth-order valence-corrected chi connectivity index (χ4v) is 1.86. The average molecular weight is 264 g/mol. The summed E-state index contributed by atoms with van der Waals surface area (Å²) in [7, 11) is 1.63. The number of aromatic nitrogens is 2. The van der Waals surface area contributed by atoms with Crippen molar-refractivity contribution >= 4 is 18.0 Å². The molecule has 2 aromatic rings. The van der Waals surface area contributed by atoms with Crippen molar-refractivity contribution < 1.29 is 13.9 Å². The molecule has 0 saturated heterocycles. The zero-order chi connectivity index (χ0) is 12.8. The summed E-state index contributed by atoms with van der Waals surface area (Å²) in [6, 6.07) is 7.66. The van der Waals surface area contributed by atoms with E-state index in [2.05, 4.69) is 10.2 Å². The number of carbonyl (C=O) groups is 1. The lowest BCUT2D eigenvalue weighted by atomic mass is 10.1. The first kappa shape index (κ1) is 12.6. The lowest BCUT2D eigenvalue weighted by molar-refractivity contribution is -0.105. The van der Waals surface area contributed by atoms with Crippen molar-refractivity contribution in [2.24, 2.45) is 0 Å². The number of aldehydes is 1. The van der Waals surface area contributed by atoms with Gasteiger partial charge in [-0.15, -0.1) is 10.2 Å². The van der Waals surface area contributed by atoms with Gasteiger partial charge in [-0.3, -0.25) is 0 Å². The highest BCUT2D eigenvalue weighted by Crippen LogP contribution is 2.18. The van der Waals surface area contributed by atoms with Crippen LogP contribution in [0.1, 0.15) is 11.5 Å². The summed E-state index contributed by atoms with van der Waals surface area (Å²) in [4.78, 5) is 10.2. The Morgan fingerprint density at radius 3 is 2.78 bits per heavy atom. The van der Waals surface area contributed by atoms with Crippen molar-refractivity contribution in [1.29, 1.82) is 0 Å². The topological polar surface area (TPSA) is 65.2 Å². The van der Waals surface area contributed by atoms with Crippen LogP contribution in [0, 0.1) is 0 Å². The Balaban J connectivity index is 1.99. The molecule has 0 fully saturated rings. The Labute approximate surface area is 109 Å². The molecule has 6 heteroatoms. The molecule has 0 spiro atoms. The Morgan fingerprint density at radius 2 is 2.11 bits per heavy atom. The van der Waals surface area contributed by atoms with Crippen LogP contribution in [0.2, 0.25) is 0 Å². The number of hydrogen-bond acceptors (Lipinski definition) is 6. The molecule has 1 aromatic carbocycles. The molecule has 0 aliphatic rings. The van der Waals surface area contributed by atoms with Crippen LogP contribution >= 0.6 is 11.8 Å². The second-order valence-electron chi connectivity index (χ2n) is 3.46. The zero-order valence-electron chi connectivity index (χ0n) is 9.83. The summed E-state index contributed by atoms with van der Waals surface area (Å²) in [6.07, 6.45) is 1.37. The Morgan fingerprint density at radius 1 is 1.33 bits per heavy atom. The number of hydrogen-bond donors (Lipinski definition) is 0. The summed E-state index contributed by atoms with van der Waals surface area (Å²) in [5, 5.41) is 8.19. The van der Waals surface area contributed by atoms with Gasteiger partial charge < -0.3 is 13.9 Å². The normalized spacial score (nSPS) is 10.3. The first-order valence-corrected chi connectivity index (χ1v) is 6.32. The summed E-state index contributed by atoms with van der Waals surface area (Å²) in [5.74, 6) is 1.67. The van der Waals surface area contributed by atoms with Gasteiger partial charge in [-0.05, 0) is 17.7 Å². The highest BCUT2D eigenvalue weighted by atomic mass is 32.2. The fourth-order valence-electron chi connectivity index (χ4n) is 1.39. The zero-order valence-corrected chi connectivity index (χ0v) is 10.6. The van der Waals surface area contributed by atoms with Gasteiger partial charge in [0.05, 0.1) is 19.3 Å². The highest BCUT2D eigenvalue weighted by molar-refractivity contribution is 7.99. The van der Waals surface area contributed by atoms with Crippen LogP contribution in [0.3, 0.4) is 0 Å². The molecule has 18 heavy (non-hydrogen) atoms. The largest absolute Gasteiger partial charge is 0.497 e. The predicted molar refractivity (Wildman–Crippen MR) is 66.9 cm³/mol. The van der Waals surface area contributed by atoms with Gasteiger partial charge in [0.25, 0.3) is 5.22 Å². The number of benzene rings is 1. The van der Waals surface area contributed by atoms with Crippen molar-refractivity contribution in [2.75, 3.05) is 12.9 Å². The number of nitrogens with zero attached hydrogens (tertiary/aromatic N) is 2. The van der Waals surface area contributed by atoms with E-state index in [0.29, 0.717) is 23.3 Å². The lowest BCUT2D eigenvalue weighted by Crippen LogP contribution is -1.89. The first-order chi connectivity index (χ1) is 8.81. The number of carbonyl (C=O) groups excluding carboxylic acids is 1. The molecule has 94 valence electrons. The quantitative estimate of drug-likeness (QED) is 0.587. The van der Waals surface area contributed by atoms with Gasteiger partial charge in [-0.25, -0.2) is 0 Å². The van der Waals surface area contributed by atoms with Crippen molar-refractivity contribution in [1.82, 2.24) is 10.2 Å². The molecule has 0 amide bonds. The minimum absolute atomic E-state index is 0.324. The molecule has 1 aromatic heterocycles. The smallest absolute Gasteiger partial charge is 0.277 e. The molecule has 0 unspecified atom stereocenters. The van der Waals surface area contributed by atoms with Gasteiger partial charge in [-0.1, -0.05) is 23.9 Å². The SMILES string of the molecule is COc1ccc(Cc2nnc(SCC=O)o2)cc1. The van der Waals surface area contributed by atoms with Crippen LogP contribution < -0.4 is 4.74 Å². The molecular formula is C12H12N2O3S. The van der Waals surface area contributed by atoms with Crippen molar-refractivity contribution in [3.63, 3.8) is 0 Å². The van der Waals surface area contributed by atoms with Gasteiger partial charge in [0, 0.05) is 0 Å². The Hall–Kier alpha value is -1.82. The van der Waals surface area contributed by atoms with Crippen LogP contribution in [-0.4, -0.2) is 29.3 Å². The molecule has 0 N–H and O–H groups in total. The van der Waals surface area contributed by atoms with E-state index in [1.807, 2.05) is 24.3 Å². The molecular weight excluding hydrogens is 252 g/mol. The molecule has 0 radical (unpaired) electrons. The molecule has 2 rings (SSSR count). The maximum Gasteiger partial charge on any atom is 0.277 e. The molecule has 0 saturated carbocycles. The molecule has 0 bridgehead atoms. The molecule has 0 aliphatic carbocycles. The lowest BCUT2D eigenvalue weighted by Gasteiger charge is -2.00. The van der Waals surface area contributed by atoms with Crippen molar-refractivity contribution in [3.8, 4) is 5.75 Å². The number of ether oxygens (including phenoxy) is 1. The number of rotatable bonds is 6. The molecule has 0 aliphatic heterocycles. The molecule has 1 heterocycles. The monoisotopic (exact) mass is 264 g/mol. The van der Waals surface area contributed by atoms with Gasteiger partial charge >= 0.3 is 0 Å². The summed E-state index contributed by atoms with van der Waals surface area (Å²) < 4.78 is 10.5. The van der Waals surface area contributed by atoms with E-state index in [4.69, 9.17) is 9.15 Å². The van der Waals surface area contributed by atoms with Gasteiger partial charge in [-0.2, -0.15) is 0 Å². The van der Waals surface area contributed by atoms with Crippen LogP contribution in [0.4, 0.5) is 0 Å². The van der Waals surface area contributed by atoms with Crippen molar-refractivity contribution in [2.45, 2.75) is 11.6 Å². The predicted octanol–water partition coefficient (Wildman–Crippen LogP) is 1.96. The van der Waals surface area contributed by atoms with Gasteiger partial charge in [0.1, 0.15) is 12.0 Å². The minimum Gasteiger partial charge on any atom is -0.497 e. The second-order valence-corrected chi connectivity index (χ2v) is 4.44. The van der Waals surface area contributed by atoms with E-state index in [1.54, 1.807) is 7.11 Å². The van der Waals surface area contributed by atoms with Crippen molar-refractivity contribution in [3.05, 3.63) is 35.7 Å². The average Bonchev–Trinajstić information content (AvgIpc) is 2.85. The number of thioether (sulfide) groups is 1. The summed E-state index contributed by atoms with van der Waals surface area (Å²) >= 11 is 1.23. The molecule has 5 nitrogen and oxygen atoms in total. The van der Waals surface area contributed by atoms with Crippen LogP contribution in [0.5, 0.6) is 5.75 Å². The maximum atomic E-state index is 10.2. The van der Waals surface area contributed by atoms with E-state index in [9.17, 15) is 4.79 Å². The fraction of sp³-hybridized carbons (Fsp3) is 0.250. The van der Waals surface area contributed by atoms with Gasteiger partial charge in [0.2, 0.25) is 5.89 Å². The van der Waals surface area contributed by atoms with E-state index in [1.165, 1.54) is 11.8 Å². The number of methoxy groups -OCH3 is 1. The van der Waals surface area contributed by atoms with Crippen LogP contribution in [-0.2, 0) is 11.2 Å². The minimum atomic E-state index is 0.324. The third-order valence-corrected chi connectivity index (χ3v) is 2.95. The third kappa shape index (κ3) is 3.33. The second kappa shape index (κ2) is 6.20. The Kier molecular flexibility index (Phi) is 4.35. The molecule has 0 atom stereocenters. The van der Waals surface area contributed by atoms with Crippen LogP contribution in [0.25, 0.3) is 0 Å². The van der Waals surface area contributed by atoms with E-state index in [0.717, 1.165) is 17.6 Å². The van der Waals surface area contributed by atoms with E-state index >= 15 is 0 Å². The third-order valence-electron chi connectivity index (χ3n) is 2.24. The van der Waals surface area contributed by atoms with Crippen LogP contribution in [0.15, 0.2) is 33.9 Å². The maximum absolute atomic E-state index is 10.2. The first-order valence-electron chi connectivity index (χ1n) is 5.33. The van der Waals surface area contributed by atoms with Gasteiger partial charge in [0.15, 0.2) is 0 Å². The van der Waals surface area contributed by atoms with E-state index < -0.39 is 0 Å². The summed E-state index contributed by atoms with van der Waals surface area (Å²) in [6.45, 7) is 0. The Bertz CT molecular complexity index is 510.